The third-order valence-corrected chi connectivity index (χ3v) is 4.71. The summed E-state index contributed by atoms with van der Waals surface area (Å²) < 4.78 is 1.82. The predicted molar refractivity (Wildman–Crippen MR) is 77.2 cm³/mol. The van der Waals surface area contributed by atoms with Gasteiger partial charge in [-0.05, 0) is 18.4 Å². The summed E-state index contributed by atoms with van der Waals surface area (Å²) in [6.45, 7) is 0. The molecule has 3 aromatic rings. The Kier molecular flexibility index (Phi) is 2.32. The maximum atomic E-state index is 4.84. The largest absolute Gasteiger partial charge is 0.275 e. The topological polar surface area (TPSA) is 30.7 Å². The molecule has 2 aromatic heterocycles. The van der Waals surface area contributed by atoms with Gasteiger partial charge in [0, 0.05) is 29.2 Å². The van der Waals surface area contributed by atoms with Crippen molar-refractivity contribution >= 4 is 11.3 Å². The lowest BCUT2D eigenvalue weighted by Gasteiger charge is -2.13. The Morgan fingerprint density at radius 1 is 1.21 bits per heavy atom. The van der Waals surface area contributed by atoms with E-state index in [1.165, 1.54) is 21.7 Å². The van der Waals surface area contributed by atoms with Gasteiger partial charge in [0.05, 0.1) is 11.9 Å². The van der Waals surface area contributed by atoms with Crippen molar-refractivity contribution < 1.29 is 0 Å². The van der Waals surface area contributed by atoms with Crippen LogP contribution in [0.2, 0.25) is 0 Å². The molecular formula is C15H13N3S. The average Bonchev–Trinajstić information content (AvgIpc) is 3.04. The van der Waals surface area contributed by atoms with E-state index < -0.39 is 0 Å². The molecule has 3 nitrogen and oxygen atoms in total. The summed E-state index contributed by atoms with van der Waals surface area (Å²) in [6, 6.07) is 8.59. The number of thiazole rings is 1. The Labute approximate surface area is 115 Å². The second-order valence-corrected chi connectivity index (χ2v) is 5.93. The molecule has 0 saturated heterocycles. The molecule has 0 fully saturated rings. The summed E-state index contributed by atoms with van der Waals surface area (Å²) in [6.07, 6.45) is 6.13. The molecular weight excluding hydrogens is 254 g/mol. The summed E-state index contributed by atoms with van der Waals surface area (Å²) in [5, 5.41) is 5.31. The van der Waals surface area contributed by atoms with Crippen LogP contribution < -0.4 is 0 Å². The Morgan fingerprint density at radius 3 is 2.95 bits per heavy atom. The number of nitrogens with zero attached hydrogens (tertiary/aromatic N) is 3. The smallest absolute Gasteiger partial charge is 0.127 e. The fourth-order valence-corrected chi connectivity index (χ4v) is 3.65. The van der Waals surface area contributed by atoms with Gasteiger partial charge >= 0.3 is 0 Å². The lowest BCUT2D eigenvalue weighted by Crippen LogP contribution is -2.01. The average molecular weight is 267 g/mol. The Balaban J connectivity index is 1.87. The zero-order valence-electron chi connectivity index (χ0n) is 10.6. The standard InChI is InChI=1S/C15H13N3S/c1-18-9-11(8-16-18)15-17-14-12-5-3-2-4-10(12)6-7-13(14)19-15/h2-5,8-9H,6-7H2,1H3. The van der Waals surface area contributed by atoms with E-state index in [2.05, 4.69) is 29.4 Å². The number of fused-ring (bicyclic) bond motifs is 3. The third-order valence-electron chi connectivity index (χ3n) is 3.54. The molecule has 0 spiro atoms. The van der Waals surface area contributed by atoms with Gasteiger partial charge in [-0.3, -0.25) is 4.68 Å². The van der Waals surface area contributed by atoms with Crippen molar-refractivity contribution in [1.29, 1.82) is 0 Å². The van der Waals surface area contributed by atoms with Crippen LogP contribution in [0.25, 0.3) is 21.8 Å². The van der Waals surface area contributed by atoms with Gasteiger partial charge < -0.3 is 0 Å². The lowest BCUT2D eigenvalue weighted by molar-refractivity contribution is 0.768. The molecule has 0 saturated carbocycles. The zero-order chi connectivity index (χ0) is 12.8. The molecule has 0 amide bonds. The van der Waals surface area contributed by atoms with Crippen molar-refractivity contribution in [2.45, 2.75) is 12.8 Å². The van der Waals surface area contributed by atoms with E-state index >= 15 is 0 Å². The molecule has 1 aliphatic rings. The first kappa shape index (κ1) is 10.9. The van der Waals surface area contributed by atoms with Crippen molar-refractivity contribution in [3.8, 4) is 21.8 Å². The van der Waals surface area contributed by atoms with E-state index in [-0.39, 0.29) is 0 Å². The van der Waals surface area contributed by atoms with Gasteiger partial charge in [-0.1, -0.05) is 24.3 Å². The second kappa shape index (κ2) is 4.03. The minimum atomic E-state index is 1.08. The molecule has 4 rings (SSSR count). The van der Waals surface area contributed by atoms with Crippen LogP contribution in [-0.4, -0.2) is 14.8 Å². The molecule has 0 N–H and O–H groups in total. The summed E-state index contributed by atoms with van der Waals surface area (Å²) in [4.78, 5) is 6.24. The highest BCUT2D eigenvalue weighted by Gasteiger charge is 2.21. The lowest BCUT2D eigenvalue weighted by atomic mass is 9.94. The summed E-state index contributed by atoms with van der Waals surface area (Å²) >= 11 is 1.80. The molecule has 2 heterocycles. The quantitative estimate of drug-likeness (QED) is 0.677. The molecule has 19 heavy (non-hydrogen) atoms. The number of hydrogen-bond donors (Lipinski definition) is 0. The first-order valence-corrected chi connectivity index (χ1v) is 7.20. The van der Waals surface area contributed by atoms with E-state index in [0.29, 0.717) is 0 Å². The predicted octanol–water partition coefficient (Wildman–Crippen LogP) is 3.31. The van der Waals surface area contributed by atoms with E-state index in [1.54, 1.807) is 11.3 Å². The van der Waals surface area contributed by atoms with Crippen molar-refractivity contribution in [2.24, 2.45) is 7.05 Å². The monoisotopic (exact) mass is 267 g/mol. The van der Waals surface area contributed by atoms with E-state index in [1.807, 2.05) is 24.1 Å². The van der Waals surface area contributed by atoms with E-state index in [4.69, 9.17) is 4.98 Å². The first-order chi connectivity index (χ1) is 9.31. The molecule has 1 aromatic carbocycles. The molecule has 0 unspecified atom stereocenters. The van der Waals surface area contributed by atoms with Crippen LogP contribution in [0, 0.1) is 0 Å². The highest BCUT2D eigenvalue weighted by molar-refractivity contribution is 7.15. The molecule has 4 heteroatoms. The zero-order valence-corrected chi connectivity index (χ0v) is 11.4. The minimum absolute atomic E-state index is 1.08. The van der Waals surface area contributed by atoms with Gasteiger partial charge in [0.25, 0.3) is 0 Å². The third kappa shape index (κ3) is 1.71. The Bertz CT molecular complexity index is 754. The SMILES string of the molecule is Cn1cc(-c2nc3c(s2)CCc2ccccc2-3)cn1. The molecule has 0 atom stereocenters. The van der Waals surface area contributed by atoms with Crippen LogP contribution in [0.1, 0.15) is 10.4 Å². The van der Waals surface area contributed by atoms with Gasteiger partial charge in [-0.2, -0.15) is 5.10 Å². The van der Waals surface area contributed by atoms with E-state index in [9.17, 15) is 0 Å². The van der Waals surface area contributed by atoms with Gasteiger partial charge in [0.2, 0.25) is 0 Å². The Morgan fingerprint density at radius 2 is 2.11 bits per heavy atom. The maximum Gasteiger partial charge on any atom is 0.127 e. The molecule has 1 aliphatic carbocycles. The minimum Gasteiger partial charge on any atom is -0.275 e. The van der Waals surface area contributed by atoms with Crippen LogP contribution >= 0.6 is 11.3 Å². The van der Waals surface area contributed by atoms with Crippen LogP contribution in [-0.2, 0) is 19.9 Å². The van der Waals surface area contributed by atoms with Crippen LogP contribution in [0.3, 0.4) is 0 Å². The van der Waals surface area contributed by atoms with Crippen molar-refractivity contribution in [1.82, 2.24) is 14.8 Å². The van der Waals surface area contributed by atoms with E-state index in [0.717, 1.165) is 23.4 Å². The highest BCUT2D eigenvalue weighted by atomic mass is 32.1. The second-order valence-electron chi connectivity index (χ2n) is 4.85. The number of aryl methyl sites for hydroxylation is 3. The van der Waals surface area contributed by atoms with Crippen LogP contribution in [0.4, 0.5) is 0 Å². The normalized spacial score (nSPS) is 13.1. The fraction of sp³-hybridized carbons (Fsp3) is 0.200. The van der Waals surface area contributed by atoms with Crippen LogP contribution in [0.15, 0.2) is 36.7 Å². The number of rotatable bonds is 1. The van der Waals surface area contributed by atoms with Gasteiger partial charge in [0.1, 0.15) is 5.01 Å². The maximum absolute atomic E-state index is 4.84. The van der Waals surface area contributed by atoms with Crippen molar-refractivity contribution in [3.05, 3.63) is 47.1 Å². The Hall–Kier alpha value is -1.94. The van der Waals surface area contributed by atoms with Crippen molar-refractivity contribution in [2.75, 3.05) is 0 Å². The molecule has 0 aliphatic heterocycles. The number of aromatic nitrogens is 3. The summed E-state index contributed by atoms with van der Waals surface area (Å²) in [7, 11) is 1.94. The van der Waals surface area contributed by atoms with Crippen molar-refractivity contribution in [3.63, 3.8) is 0 Å². The van der Waals surface area contributed by atoms with Gasteiger partial charge in [-0.25, -0.2) is 4.98 Å². The summed E-state index contributed by atoms with van der Waals surface area (Å²) in [5.74, 6) is 0. The van der Waals surface area contributed by atoms with Crippen LogP contribution in [0.5, 0.6) is 0 Å². The summed E-state index contributed by atoms with van der Waals surface area (Å²) in [5.41, 5.74) is 5.00. The number of hydrogen-bond acceptors (Lipinski definition) is 3. The van der Waals surface area contributed by atoms with Gasteiger partial charge in [0.15, 0.2) is 0 Å². The first-order valence-electron chi connectivity index (χ1n) is 6.38. The number of benzene rings is 1. The molecule has 94 valence electrons. The van der Waals surface area contributed by atoms with Gasteiger partial charge in [-0.15, -0.1) is 11.3 Å². The molecule has 0 bridgehead atoms. The molecule has 0 radical (unpaired) electrons. The fourth-order valence-electron chi connectivity index (χ4n) is 2.60. The highest BCUT2D eigenvalue weighted by Crippen LogP contribution is 2.39.